The predicted octanol–water partition coefficient (Wildman–Crippen LogP) is 4.11. The molecule has 0 amide bonds. The highest BCUT2D eigenvalue weighted by Gasteiger charge is 2.33. The number of rotatable bonds is 6. The van der Waals surface area contributed by atoms with Crippen LogP contribution in [0.15, 0.2) is 24.3 Å². The number of hydrogen-bond donors (Lipinski definition) is 1. The van der Waals surface area contributed by atoms with Gasteiger partial charge in [-0.15, -0.1) is 0 Å². The summed E-state index contributed by atoms with van der Waals surface area (Å²) in [5, 5.41) is 3.13. The van der Waals surface area contributed by atoms with Gasteiger partial charge in [0.05, 0.1) is 5.56 Å². The zero-order chi connectivity index (χ0) is 13.6. The molecule has 0 aliphatic rings. The van der Waals surface area contributed by atoms with Gasteiger partial charge in [-0.3, -0.25) is 0 Å². The normalized spacial score (nSPS) is 13.6. The molecule has 1 rings (SSSR count). The minimum Gasteiger partial charge on any atom is -0.310 e. The quantitative estimate of drug-likeness (QED) is 0.785. The molecule has 0 aromatic heterocycles. The van der Waals surface area contributed by atoms with Crippen LogP contribution in [0.3, 0.4) is 0 Å². The molecule has 0 saturated heterocycles. The van der Waals surface area contributed by atoms with Gasteiger partial charge in [0.25, 0.3) is 0 Å². The van der Waals surface area contributed by atoms with Crippen LogP contribution in [-0.4, -0.2) is 18.6 Å². The number of halogens is 3. The topological polar surface area (TPSA) is 12.0 Å². The Morgan fingerprint density at radius 1 is 1.28 bits per heavy atom. The number of alkyl halides is 3. The van der Waals surface area contributed by atoms with E-state index in [1.165, 1.54) is 12.1 Å². The Balaban J connectivity index is 2.70. The van der Waals surface area contributed by atoms with Gasteiger partial charge in [-0.1, -0.05) is 18.2 Å². The summed E-state index contributed by atoms with van der Waals surface area (Å²) in [6.45, 7) is 2.50. The van der Waals surface area contributed by atoms with Crippen molar-refractivity contribution < 1.29 is 13.2 Å². The van der Waals surface area contributed by atoms with Crippen LogP contribution in [-0.2, 0) is 6.18 Å². The molecule has 102 valence electrons. The van der Waals surface area contributed by atoms with Gasteiger partial charge < -0.3 is 5.32 Å². The minimum absolute atomic E-state index is 0.287. The fourth-order valence-corrected chi connectivity index (χ4v) is 2.21. The van der Waals surface area contributed by atoms with Crippen molar-refractivity contribution in [3.05, 3.63) is 35.4 Å². The maximum absolute atomic E-state index is 12.8. The highest BCUT2D eigenvalue weighted by molar-refractivity contribution is 7.98. The Hall–Kier alpha value is -0.680. The average Bonchev–Trinajstić information content (AvgIpc) is 2.33. The minimum atomic E-state index is -4.29. The second kappa shape index (κ2) is 7.04. The Morgan fingerprint density at radius 3 is 2.56 bits per heavy atom. The molecular formula is C13H18F3NS. The fraction of sp³-hybridized carbons (Fsp3) is 0.538. The van der Waals surface area contributed by atoms with E-state index in [1.54, 1.807) is 24.8 Å². The highest BCUT2D eigenvalue weighted by Crippen LogP contribution is 2.34. The van der Waals surface area contributed by atoms with Crippen molar-refractivity contribution in [3.8, 4) is 0 Å². The van der Waals surface area contributed by atoms with E-state index in [0.29, 0.717) is 5.56 Å². The molecule has 0 aliphatic carbocycles. The molecule has 0 spiro atoms. The van der Waals surface area contributed by atoms with Crippen molar-refractivity contribution in [3.63, 3.8) is 0 Å². The number of thioether (sulfide) groups is 1. The summed E-state index contributed by atoms with van der Waals surface area (Å²) in [7, 11) is 0. The van der Waals surface area contributed by atoms with E-state index in [2.05, 4.69) is 5.32 Å². The molecule has 0 heterocycles. The summed E-state index contributed by atoms with van der Waals surface area (Å²) < 4.78 is 38.5. The van der Waals surface area contributed by atoms with E-state index in [4.69, 9.17) is 0 Å². The van der Waals surface area contributed by atoms with Crippen LogP contribution >= 0.6 is 11.8 Å². The molecule has 1 aromatic rings. The summed E-state index contributed by atoms with van der Waals surface area (Å²) in [6.07, 6.45) is -1.31. The smallest absolute Gasteiger partial charge is 0.310 e. The monoisotopic (exact) mass is 277 g/mol. The lowest BCUT2D eigenvalue weighted by atomic mass is 10.0. The highest BCUT2D eigenvalue weighted by atomic mass is 32.2. The molecule has 1 atom stereocenters. The molecule has 1 nitrogen and oxygen atoms in total. The summed E-state index contributed by atoms with van der Waals surface area (Å²) in [5.74, 6) is 1.01. The third kappa shape index (κ3) is 4.53. The predicted molar refractivity (Wildman–Crippen MR) is 70.9 cm³/mol. The van der Waals surface area contributed by atoms with Crippen molar-refractivity contribution in [2.24, 2.45) is 0 Å². The van der Waals surface area contributed by atoms with E-state index in [0.717, 1.165) is 24.8 Å². The van der Waals surface area contributed by atoms with Crippen molar-refractivity contribution >= 4 is 11.8 Å². The number of benzene rings is 1. The van der Waals surface area contributed by atoms with Crippen LogP contribution < -0.4 is 5.32 Å². The van der Waals surface area contributed by atoms with Crippen molar-refractivity contribution in [1.29, 1.82) is 0 Å². The van der Waals surface area contributed by atoms with E-state index in [-0.39, 0.29) is 6.04 Å². The average molecular weight is 277 g/mol. The van der Waals surface area contributed by atoms with Gasteiger partial charge in [0.2, 0.25) is 0 Å². The van der Waals surface area contributed by atoms with Gasteiger partial charge in [0.15, 0.2) is 0 Å². The summed E-state index contributed by atoms with van der Waals surface area (Å²) in [6, 6.07) is 5.45. The lowest BCUT2D eigenvalue weighted by Crippen LogP contribution is -2.23. The standard InChI is InChI=1S/C13H18F3NS/c1-10(17-8-5-9-18-2)11-6-3-4-7-12(11)13(14,15)16/h3-4,6-7,10,17H,5,8-9H2,1-2H3. The van der Waals surface area contributed by atoms with Gasteiger partial charge in [-0.2, -0.15) is 24.9 Å². The van der Waals surface area contributed by atoms with Crippen LogP contribution in [0.5, 0.6) is 0 Å². The van der Waals surface area contributed by atoms with Crippen molar-refractivity contribution in [2.75, 3.05) is 18.6 Å². The van der Waals surface area contributed by atoms with Gasteiger partial charge in [0.1, 0.15) is 0 Å². The third-order valence-electron chi connectivity index (χ3n) is 2.71. The molecule has 1 aromatic carbocycles. The van der Waals surface area contributed by atoms with Crippen LogP contribution in [0.25, 0.3) is 0 Å². The van der Waals surface area contributed by atoms with Crippen LogP contribution in [0.1, 0.15) is 30.5 Å². The fourth-order valence-electron chi connectivity index (χ4n) is 1.78. The first-order valence-corrected chi connectivity index (χ1v) is 7.24. The zero-order valence-electron chi connectivity index (χ0n) is 10.6. The largest absolute Gasteiger partial charge is 0.416 e. The van der Waals surface area contributed by atoms with E-state index in [9.17, 15) is 13.2 Å². The van der Waals surface area contributed by atoms with Gasteiger partial charge in [-0.05, 0) is 43.5 Å². The van der Waals surface area contributed by atoms with E-state index >= 15 is 0 Å². The molecule has 1 unspecified atom stereocenters. The summed E-state index contributed by atoms with van der Waals surface area (Å²) in [4.78, 5) is 0. The lowest BCUT2D eigenvalue weighted by molar-refractivity contribution is -0.138. The molecule has 5 heteroatoms. The number of hydrogen-bond acceptors (Lipinski definition) is 2. The lowest BCUT2D eigenvalue weighted by Gasteiger charge is -2.19. The Morgan fingerprint density at radius 2 is 1.94 bits per heavy atom. The van der Waals surface area contributed by atoms with Gasteiger partial charge >= 0.3 is 6.18 Å². The van der Waals surface area contributed by atoms with E-state index in [1.807, 2.05) is 6.26 Å². The van der Waals surface area contributed by atoms with Gasteiger partial charge in [-0.25, -0.2) is 0 Å². The SMILES string of the molecule is CSCCCNC(C)c1ccccc1C(F)(F)F. The van der Waals surface area contributed by atoms with Crippen molar-refractivity contribution in [1.82, 2.24) is 5.32 Å². The Labute approximate surface area is 110 Å². The summed E-state index contributed by atoms with van der Waals surface area (Å²) >= 11 is 1.74. The van der Waals surface area contributed by atoms with Crippen LogP contribution in [0.4, 0.5) is 13.2 Å². The molecule has 0 saturated carbocycles. The van der Waals surface area contributed by atoms with Gasteiger partial charge in [0, 0.05) is 6.04 Å². The molecule has 1 N–H and O–H groups in total. The van der Waals surface area contributed by atoms with E-state index < -0.39 is 11.7 Å². The van der Waals surface area contributed by atoms with Crippen molar-refractivity contribution in [2.45, 2.75) is 25.6 Å². The van der Waals surface area contributed by atoms with Crippen LogP contribution in [0.2, 0.25) is 0 Å². The van der Waals surface area contributed by atoms with Crippen LogP contribution in [0, 0.1) is 0 Å². The number of nitrogens with one attached hydrogen (secondary N) is 1. The maximum Gasteiger partial charge on any atom is 0.416 e. The second-order valence-corrected chi connectivity index (χ2v) is 5.09. The molecule has 0 radical (unpaired) electrons. The Kier molecular flexibility index (Phi) is 6.02. The molecule has 0 aliphatic heterocycles. The zero-order valence-corrected chi connectivity index (χ0v) is 11.4. The first-order valence-electron chi connectivity index (χ1n) is 5.85. The molecular weight excluding hydrogens is 259 g/mol. The third-order valence-corrected chi connectivity index (χ3v) is 3.41. The summed E-state index contributed by atoms with van der Waals surface area (Å²) in [5.41, 5.74) is -0.232. The first kappa shape index (κ1) is 15.4. The molecule has 0 fully saturated rings. The maximum atomic E-state index is 12.8. The molecule has 18 heavy (non-hydrogen) atoms. The molecule has 0 bridgehead atoms. The Bertz CT molecular complexity index is 365. The first-order chi connectivity index (χ1) is 8.46. The second-order valence-electron chi connectivity index (χ2n) is 4.11.